The molecule has 0 spiro atoms. The SMILES string of the molecule is [2H]OCC1OC(n2cnc3c(=O)[nH]c(NC)nc32)CC1O.[3H]C. The third-order valence-electron chi connectivity index (χ3n) is 3.35. The number of aliphatic hydroxyl groups is 2. The van der Waals surface area contributed by atoms with Gasteiger partial charge in [-0.3, -0.25) is 14.3 Å². The van der Waals surface area contributed by atoms with E-state index in [-0.39, 0.29) is 17.7 Å². The van der Waals surface area contributed by atoms with Crippen LogP contribution in [0.25, 0.3) is 11.2 Å². The van der Waals surface area contributed by atoms with Crippen molar-refractivity contribution in [2.45, 2.75) is 32.3 Å². The van der Waals surface area contributed by atoms with Gasteiger partial charge in [0.1, 0.15) is 12.3 Å². The van der Waals surface area contributed by atoms with E-state index < -0.39 is 18.4 Å². The molecule has 2 aromatic heterocycles. The lowest BCUT2D eigenvalue weighted by atomic mass is 10.2. The summed E-state index contributed by atoms with van der Waals surface area (Å²) in [4.78, 5) is 22.7. The van der Waals surface area contributed by atoms with Crippen LogP contribution in [0.1, 0.15) is 21.4 Å². The lowest BCUT2D eigenvalue weighted by Crippen LogP contribution is -2.24. The van der Waals surface area contributed by atoms with Crippen LogP contribution >= 0.6 is 0 Å². The van der Waals surface area contributed by atoms with Crippen molar-refractivity contribution >= 4 is 17.1 Å². The number of hydrogen-bond acceptors (Lipinski definition) is 7. The Balaban J connectivity index is 0.000000924. The Labute approximate surface area is 123 Å². The van der Waals surface area contributed by atoms with Crippen molar-refractivity contribution in [2.24, 2.45) is 0 Å². The molecule has 116 valence electrons. The van der Waals surface area contributed by atoms with Gasteiger partial charge in [-0.1, -0.05) is 7.40 Å². The van der Waals surface area contributed by atoms with E-state index in [1.807, 2.05) is 0 Å². The van der Waals surface area contributed by atoms with E-state index in [1.165, 1.54) is 13.7 Å². The first kappa shape index (κ1) is 12.7. The Bertz CT molecular complexity index is 706. The van der Waals surface area contributed by atoms with Gasteiger partial charge in [-0.05, 0) is 0 Å². The van der Waals surface area contributed by atoms with E-state index in [1.54, 1.807) is 11.6 Å². The predicted molar refractivity (Wildman–Crippen MR) is 76.0 cm³/mol. The van der Waals surface area contributed by atoms with Crippen LogP contribution in [0.2, 0.25) is 0 Å². The van der Waals surface area contributed by atoms with E-state index in [4.69, 9.17) is 7.54 Å². The summed E-state index contributed by atoms with van der Waals surface area (Å²) in [6.07, 6.45) is -0.0836. The Kier molecular flexibility index (Phi) is 3.52. The fraction of sp³-hybridized carbons (Fsp3) is 0.583. The fourth-order valence-corrected chi connectivity index (χ4v) is 2.29. The van der Waals surface area contributed by atoms with Gasteiger partial charge in [-0.25, -0.2) is 4.98 Å². The summed E-state index contributed by atoms with van der Waals surface area (Å²) in [6, 6.07) is 0. The highest BCUT2D eigenvalue weighted by Gasteiger charge is 2.35. The van der Waals surface area contributed by atoms with Crippen molar-refractivity contribution < 1.29 is 16.3 Å². The third-order valence-corrected chi connectivity index (χ3v) is 3.35. The number of aromatic amines is 1. The largest absolute Gasteiger partial charge is 0.394 e. The van der Waals surface area contributed by atoms with Crippen LogP contribution in [-0.4, -0.2) is 57.0 Å². The van der Waals surface area contributed by atoms with Crippen LogP contribution in [0, 0.1) is 0 Å². The molecule has 3 heterocycles. The molecule has 1 aliphatic heterocycles. The molecule has 3 atom stereocenters. The van der Waals surface area contributed by atoms with E-state index in [9.17, 15) is 9.90 Å². The molecular weight excluding hydrogens is 278 g/mol. The number of H-pyrrole nitrogens is 1. The minimum Gasteiger partial charge on any atom is -0.394 e. The smallest absolute Gasteiger partial charge is 0.280 e. The molecule has 3 rings (SSSR count). The fourth-order valence-electron chi connectivity index (χ4n) is 2.29. The van der Waals surface area contributed by atoms with Crippen LogP contribution in [-0.2, 0) is 4.74 Å². The van der Waals surface area contributed by atoms with Crippen molar-refractivity contribution in [3.63, 3.8) is 0 Å². The second-order valence-electron chi connectivity index (χ2n) is 4.59. The molecule has 9 heteroatoms. The first-order valence-electron chi connectivity index (χ1n) is 7.61. The van der Waals surface area contributed by atoms with Crippen molar-refractivity contribution in [3.8, 4) is 0 Å². The molecule has 9 nitrogen and oxygen atoms in total. The van der Waals surface area contributed by atoms with Crippen molar-refractivity contribution in [2.75, 3.05) is 19.0 Å². The molecule has 0 bridgehead atoms. The number of aromatic nitrogens is 4. The molecule has 21 heavy (non-hydrogen) atoms. The summed E-state index contributed by atoms with van der Waals surface area (Å²) in [5.74, 6) is 0.318. The second-order valence-corrected chi connectivity index (χ2v) is 4.59. The Hall–Kier alpha value is -1.97. The summed E-state index contributed by atoms with van der Waals surface area (Å²) >= 11 is 0. The minimum atomic E-state index is -0.747. The number of nitrogens with one attached hydrogen (secondary N) is 2. The Morgan fingerprint density at radius 1 is 1.81 bits per heavy atom. The van der Waals surface area contributed by atoms with E-state index in [0.717, 1.165) is 0 Å². The average Bonchev–Trinajstić information content (AvgIpc) is 3.14. The van der Waals surface area contributed by atoms with Crippen LogP contribution < -0.4 is 10.9 Å². The maximum absolute atomic E-state index is 11.9. The first-order valence-corrected chi connectivity index (χ1v) is 6.20. The van der Waals surface area contributed by atoms with Gasteiger partial charge in [-0.15, -0.1) is 0 Å². The number of fused-ring (bicyclic) bond motifs is 1. The molecule has 1 fully saturated rings. The van der Waals surface area contributed by atoms with Crippen LogP contribution in [0.4, 0.5) is 5.95 Å². The van der Waals surface area contributed by atoms with E-state index in [0.29, 0.717) is 18.0 Å². The summed E-state index contributed by atoms with van der Waals surface area (Å²) in [5.41, 5.74) is 0.215. The summed E-state index contributed by atoms with van der Waals surface area (Å²) in [6.45, 7) is -0.0277. The Morgan fingerprint density at radius 3 is 3.33 bits per heavy atom. The standard InChI is InChI=1S/C11H15N5O4.CH4/c1-12-11-14-9-8(10(19)15-11)13-4-16(9)7-2-5(18)6(3-17)20-7;/h4-7,17-18H,2-3H2,1H3,(H2,12,14,15,19);1H4/i17D;1T. The number of ether oxygens (including phenoxy) is 1. The van der Waals surface area contributed by atoms with Gasteiger partial charge in [-0.2, -0.15) is 4.98 Å². The highest BCUT2D eigenvalue weighted by Crippen LogP contribution is 2.30. The van der Waals surface area contributed by atoms with Crippen molar-refractivity contribution in [3.05, 3.63) is 16.7 Å². The van der Waals surface area contributed by atoms with E-state index >= 15 is 0 Å². The molecule has 0 radical (unpaired) electrons. The van der Waals surface area contributed by atoms with Gasteiger partial charge >= 0.3 is 0 Å². The summed E-state index contributed by atoms with van der Waals surface area (Å²) in [7, 11) is 2.89. The van der Waals surface area contributed by atoms with Crippen LogP contribution in [0.15, 0.2) is 11.1 Å². The zero-order chi connectivity index (χ0) is 17.0. The molecule has 3 unspecified atom stereocenters. The van der Waals surface area contributed by atoms with Gasteiger partial charge in [0.2, 0.25) is 7.38 Å². The molecule has 0 amide bonds. The molecule has 0 aliphatic carbocycles. The molecular formula is C12H19N5O4. The zero-order valence-electron chi connectivity index (χ0n) is 13.7. The lowest BCUT2D eigenvalue weighted by Gasteiger charge is -2.13. The third kappa shape index (κ3) is 2.50. The number of rotatable bonds is 4. The van der Waals surface area contributed by atoms with Crippen LogP contribution in [0.5, 0.6) is 0 Å². The predicted octanol–water partition coefficient (Wildman–Crippen LogP) is -0.562. The van der Waals surface area contributed by atoms with Gasteiger partial charge in [0, 0.05) is 14.8 Å². The lowest BCUT2D eigenvalue weighted by molar-refractivity contribution is -0.0432. The quantitative estimate of drug-likeness (QED) is 0.596. The van der Waals surface area contributed by atoms with Crippen molar-refractivity contribution in [1.82, 2.24) is 19.5 Å². The monoisotopic (exact) mass is 300 g/mol. The number of hydrogen-bond donors (Lipinski definition) is 4. The Morgan fingerprint density at radius 2 is 2.62 bits per heavy atom. The summed E-state index contributed by atoms with van der Waals surface area (Å²) in [5, 5.41) is 16.9. The van der Waals surface area contributed by atoms with Gasteiger partial charge in [0.15, 0.2) is 11.2 Å². The number of aliphatic hydroxyl groups excluding tert-OH is 2. The summed E-state index contributed by atoms with van der Waals surface area (Å²) < 4.78 is 19.7. The molecule has 1 saturated heterocycles. The normalized spacial score (nSPS) is 26.0. The molecule has 0 saturated carbocycles. The molecule has 2 aromatic rings. The average molecular weight is 300 g/mol. The highest BCUT2D eigenvalue weighted by atomic mass is 16.5. The van der Waals surface area contributed by atoms with Crippen molar-refractivity contribution in [1.29, 1.82) is 1.43 Å². The molecule has 0 aromatic carbocycles. The minimum absolute atomic E-state index is 0.0277. The highest BCUT2D eigenvalue weighted by molar-refractivity contribution is 5.70. The number of imidazole rings is 1. The number of anilines is 1. The van der Waals surface area contributed by atoms with Gasteiger partial charge in [0.05, 0.1) is 19.0 Å². The van der Waals surface area contributed by atoms with Crippen LogP contribution in [0.3, 0.4) is 0 Å². The second kappa shape index (κ2) is 5.80. The topological polar surface area (TPSA) is 125 Å². The zero-order valence-corrected chi connectivity index (χ0v) is 11.7. The van der Waals surface area contributed by atoms with Gasteiger partial charge in [0.25, 0.3) is 5.56 Å². The van der Waals surface area contributed by atoms with E-state index in [2.05, 4.69) is 25.4 Å². The first-order chi connectivity index (χ1) is 11.1. The molecule has 4 N–H and O–H groups in total. The number of nitrogens with zero attached hydrogens (tertiary/aromatic N) is 3. The van der Waals surface area contributed by atoms with Gasteiger partial charge < -0.3 is 20.3 Å². The maximum atomic E-state index is 11.9. The molecule has 1 aliphatic rings. The maximum Gasteiger partial charge on any atom is 0.280 e.